The molecule has 3 rings (SSSR count). The Balaban J connectivity index is 1.80. The minimum absolute atomic E-state index is 0.0201. The summed E-state index contributed by atoms with van der Waals surface area (Å²) in [5.74, 6) is 0.784. The first-order valence-electron chi connectivity index (χ1n) is 7.64. The van der Waals surface area contributed by atoms with Crippen LogP contribution in [-0.4, -0.2) is 39.7 Å². The molecule has 0 bridgehead atoms. The van der Waals surface area contributed by atoms with Gasteiger partial charge in [0.25, 0.3) is 10.0 Å². The van der Waals surface area contributed by atoms with Crippen molar-refractivity contribution in [3.8, 4) is 0 Å². The van der Waals surface area contributed by atoms with Crippen LogP contribution in [-0.2, 0) is 14.8 Å². The number of ether oxygens (including phenoxy) is 1. The van der Waals surface area contributed by atoms with Gasteiger partial charge in [0.05, 0.1) is 30.1 Å². The number of halogens is 2. The van der Waals surface area contributed by atoms with E-state index in [1.807, 2.05) is 0 Å². The van der Waals surface area contributed by atoms with E-state index in [1.54, 1.807) is 19.1 Å². The first kappa shape index (κ1) is 18.3. The Morgan fingerprint density at radius 2 is 1.88 bits per heavy atom. The summed E-state index contributed by atoms with van der Waals surface area (Å²) in [5, 5.41) is 0.487. The summed E-state index contributed by atoms with van der Waals surface area (Å²) in [4.78, 5) is 6.39. The van der Waals surface area contributed by atoms with Crippen molar-refractivity contribution in [1.29, 1.82) is 0 Å². The molecule has 0 atom stereocenters. The van der Waals surface area contributed by atoms with E-state index in [1.165, 1.54) is 18.3 Å². The summed E-state index contributed by atoms with van der Waals surface area (Å²) in [6, 6.07) is 6.32. The molecule has 0 saturated carbocycles. The van der Waals surface area contributed by atoms with Gasteiger partial charge in [0.15, 0.2) is 0 Å². The number of pyridine rings is 1. The molecule has 134 valence electrons. The molecule has 1 aromatic carbocycles. The number of morpholine rings is 1. The van der Waals surface area contributed by atoms with E-state index < -0.39 is 10.0 Å². The molecule has 2 aromatic rings. The SMILES string of the molecule is Cc1cc(S(=O)(=O)Nc2ccc(N3CCOCC3)nc2)c(Cl)cc1Cl. The summed E-state index contributed by atoms with van der Waals surface area (Å²) >= 11 is 12.0. The van der Waals surface area contributed by atoms with Gasteiger partial charge in [0.2, 0.25) is 0 Å². The topological polar surface area (TPSA) is 71.5 Å². The number of benzene rings is 1. The van der Waals surface area contributed by atoms with Crippen molar-refractivity contribution in [2.75, 3.05) is 35.9 Å². The number of aryl methyl sites for hydroxylation is 1. The van der Waals surface area contributed by atoms with Crippen molar-refractivity contribution >= 4 is 44.7 Å². The minimum Gasteiger partial charge on any atom is -0.378 e. The van der Waals surface area contributed by atoms with E-state index in [0.29, 0.717) is 29.5 Å². The van der Waals surface area contributed by atoms with Crippen molar-refractivity contribution in [2.24, 2.45) is 0 Å². The summed E-state index contributed by atoms with van der Waals surface area (Å²) in [6.45, 7) is 4.56. The van der Waals surface area contributed by atoms with Crippen LogP contribution in [0.1, 0.15) is 5.56 Å². The highest BCUT2D eigenvalue weighted by molar-refractivity contribution is 7.92. The standard InChI is InChI=1S/C16H17Cl2N3O3S/c1-11-8-15(14(18)9-13(11)17)25(22,23)20-12-2-3-16(19-10-12)21-4-6-24-7-5-21/h2-3,8-10,20H,4-7H2,1H3. The van der Waals surface area contributed by atoms with Crippen LogP contribution < -0.4 is 9.62 Å². The molecule has 0 spiro atoms. The average Bonchev–Trinajstić information content (AvgIpc) is 2.59. The quantitative estimate of drug-likeness (QED) is 0.850. The first-order valence-corrected chi connectivity index (χ1v) is 9.88. The van der Waals surface area contributed by atoms with E-state index in [4.69, 9.17) is 27.9 Å². The van der Waals surface area contributed by atoms with Gasteiger partial charge in [-0.1, -0.05) is 23.2 Å². The molecule has 1 fully saturated rings. The molecule has 1 N–H and O–H groups in total. The Bertz CT molecular complexity index is 867. The zero-order valence-corrected chi connectivity index (χ0v) is 15.8. The third-order valence-electron chi connectivity index (χ3n) is 3.84. The van der Waals surface area contributed by atoms with Crippen LogP contribution in [0.3, 0.4) is 0 Å². The van der Waals surface area contributed by atoms with E-state index in [2.05, 4.69) is 14.6 Å². The Hall–Kier alpha value is -1.54. The fourth-order valence-electron chi connectivity index (χ4n) is 2.47. The molecule has 25 heavy (non-hydrogen) atoms. The van der Waals surface area contributed by atoms with Crippen LogP contribution in [0.4, 0.5) is 11.5 Å². The molecule has 0 radical (unpaired) electrons. The number of nitrogens with zero attached hydrogens (tertiary/aromatic N) is 2. The fraction of sp³-hybridized carbons (Fsp3) is 0.312. The molecule has 0 unspecified atom stereocenters. The summed E-state index contributed by atoms with van der Waals surface area (Å²) in [7, 11) is -3.84. The maximum Gasteiger partial charge on any atom is 0.263 e. The largest absolute Gasteiger partial charge is 0.378 e. The van der Waals surface area contributed by atoms with Gasteiger partial charge in [0, 0.05) is 18.1 Å². The zero-order chi connectivity index (χ0) is 18.0. The number of hydrogen-bond acceptors (Lipinski definition) is 5. The van der Waals surface area contributed by atoms with Crippen LogP contribution in [0, 0.1) is 6.92 Å². The van der Waals surface area contributed by atoms with Crippen LogP contribution in [0.15, 0.2) is 35.4 Å². The Labute approximate surface area is 156 Å². The number of sulfonamides is 1. The third-order valence-corrected chi connectivity index (χ3v) is 6.09. The third kappa shape index (κ3) is 4.17. The predicted molar refractivity (Wildman–Crippen MR) is 99.3 cm³/mol. The molecule has 1 saturated heterocycles. The maximum absolute atomic E-state index is 12.6. The van der Waals surface area contributed by atoms with E-state index in [9.17, 15) is 8.42 Å². The van der Waals surface area contributed by atoms with Crippen molar-refractivity contribution in [1.82, 2.24) is 4.98 Å². The Morgan fingerprint density at radius 3 is 2.52 bits per heavy atom. The Morgan fingerprint density at radius 1 is 1.16 bits per heavy atom. The summed E-state index contributed by atoms with van der Waals surface area (Å²) in [6.07, 6.45) is 1.49. The van der Waals surface area contributed by atoms with Crippen LogP contribution in [0.5, 0.6) is 0 Å². The van der Waals surface area contributed by atoms with Gasteiger partial charge in [-0.15, -0.1) is 0 Å². The lowest BCUT2D eigenvalue weighted by molar-refractivity contribution is 0.122. The number of anilines is 2. The van der Waals surface area contributed by atoms with E-state index in [0.717, 1.165) is 18.9 Å². The normalized spacial score (nSPS) is 15.2. The van der Waals surface area contributed by atoms with Crippen molar-refractivity contribution < 1.29 is 13.2 Å². The second kappa shape index (κ2) is 7.37. The highest BCUT2D eigenvalue weighted by atomic mass is 35.5. The lowest BCUT2D eigenvalue weighted by Crippen LogP contribution is -2.36. The van der Waals surface area contributed by atoms with E-state index >= 15 is 0 Å². The van der Waals surface area contributed by atoms with Gasteiger partial charge in [-0.2, -0.15) is 0 Å². The lowest BCUT2D eigenvalue weighted by Gasteiger charge is -2.27. The van der Waals surface area contributed by atoms with E-state index in [-0.39, 0.29) is 9.92 Å². The molecule has 1 aliphatic heterocycles. The number of nitrogens with one attached hydrogen (secondary N) is 1. The zero-order valence-electron chi connectivity index (χ0n) is 13.5. The molecule has 6 nitrogen and oxygen atoms in total. The summed E-state index contributed by atoms with van der Waals surface area (Å²) in [5.41, 5.74) is 0.993. The Kier molecular flexibility index (Phi) is 5.38. The second-order valence-electron chi connectivity index (χ2n) is 5.64. The van der Waals surface area contributed by atoms with Crippen molar-refractivity contribution in [2.45, 2.75) is 11.8 Å². The molecule has 0 aliphatic carbocycles. The van der Waals surface area contributed by atoms with Crippen LogP contribution in [0.25, 0.3) is 0 Å². The minimum atomic E-state index is -3.84. The maximum atomic E-state index is 12.6. The molecular formula is C16H17Cl2N3O3S. The number of rotatable bonds is 4. The van der Waals surface area contributed by atoms with Gasteiger partial charge in [-0.05, 0) is 36.8 Å². The van der Waals surface area contributed by atoms with Crippen LogP contribution >= 0.6 is 23.2 Å². The van der Waals surface area contributed by atoms with Gasteiger partial charge in [0.1, 0.15) is 10.7 Å². The average molecular weight is 402 g/mol. The number of hydrogen-bond donors (Lipinski definition) is 1. The van der Waals surface area contributed by atoms with Gasteiger partial charge in [-0.25, -0.2) is 13.4 Å². The molecule has 9 heteroatoms. The highest BCUT2D eigenvalue weighted by Gasteiger charge is 2.20. The summed E-state index contributed by atoms with van der Waals surface area (Å²) < 4.78 is 33.0. The molecular weight excluding hydrogens is 385 g/mol. The monoisotopic (exact) mass is 401 g/mol. The lowest BCUT2D eigenvalue weighted by atomic mass is 10.2. The van der Waals surface area contributed by atoms with Crippen molar-refractivity contribution in [3.63, 3.8) is 0 Å². The predicted octanol–water partition coefficient (Wildman–Crippen LogP) is 3.33. The molecule has 1 aromatic heterocycles. The van der Waals surface area contributed by atoms with Gasteiger partial charge >= 0.3 is 0 Å². The van der Waals surface area contributed by atoms with Crippen LogP contribution in [0.2, 0.25) is 10.0 Å². The van der Waals surface area contributed by atoms with Gasteiger partial charge in [-0.3, -0.25) is 4.72 Å². The number of aromatic nitrogens is 1. The molecule has 0 amide bonds. The highest BCUT2D eigenvalue weighted by Crippen LogP contribution is 2.29. The molecule has 2 heterocycles. The van der Waals surface area contributed by atoms with Crippen molar-refractivity contribution in [3.05, 3.63) is 46.1 Å². The smallest absolute Gasteiger partial charge is 0.263 e. The fourth-order valence-corrected chi connectivity index (χ4v) is 4.35. The first-order chi connectivity index (χ1) is 11.9. The molecule has 1 aliphatic rings. The second-order valence-corrected chi connectivity index (χ2v) is 8.11. The van der Waals surface area contributed by atoms with Gasteiger partial charge < -0.3 is 9.64 Å².